The Morgan fingerprint density at radius 2 is 2.20 bits per heavy atom. The molecule has 0 unspecified atom stereocenters. The fourth-order valence-corrected chi connectivity index (χ4v) is 1.28. The van der Waals surface area contributed by atoms with Crippen molar-refractivity contribution in [2.45, 2.75) is 19.4 Å². The van der Waals surface area contributed by atoms with Crippen LogP contribution in [0.15, 0.2) is 24.3 Å². The first-order chi connectivity index (χ1) is 7.30. The monoisotopic (exact) mass is 209 g/mol. The first-order valence-electron chi connectivity index (χ1n) is 5.24. The summed E-state index contributed by atoms with van der Waals surface area (Å²) in [5.41, 5.74) is 6.77. The van der Waals surface area contributed by atoms with Crippen molar-refractivity contribution in [2.24, 2.45) is 5.73 Å². The zero-order valence-electron chi connectivity index (χ0n) is 9.40. The topological polar surface area (TPSA) is 44.5 Å². The third-order valence-electron chi connectivity index (χ3n) is 2.34. The lowest BCUT2D eigenvalue weighted by molar-refractivity contribution is 0.0643. The third kappa shape index (κ3) is 3.90. The molecule has 1 aromatic carbocycles. The van der Waals surface area contributed by atoms with Crippen LogP contribution in [-0.2, 0) is 11.2 Å². The summed E-state index contributed by atoms with van der Waals surface area (Å²) in [4.78, 5) is 0. The maximum Gasteiger partial charge on any atom is 0.119 e. The van der Waals surface area contributed by atoms with Crippen LogP contribution in [0.3, 0.4) is 0 Å². The van der Waals surface area contributed by atoms with E-state index in [0.29, 0.717) is 13.2 Å². The maximum atomic E-state index is 5.59. The van der Waals surface area contributed by atoms with Crippen molar-refractivity contribution in [3.05, 3.63) is 29.8 Å². The van der Waals surface area contributed by atoms with Gasteiger partial charge < -0.3 is 15.2 Å². The highest BCUT2D eigenvalue weighted by Crippen LogP contribution is 2.13. The average Bonchev–Trinajstić information content (AvgIpc) is 2.31. The number of methoxy groups -OCH3 is 1. The van der Waals surface area contributed by atoms with Crippen molar-refractivity contribution in [2.75, 3.05) is 20.3 Å². The SMILES string of the molecule is CCc1cccc(OC[C@H](CN)OC)c1. The molecule has 0 bridgehead atoms. The minimum atomic E-state index is -0.0321. The van der Waals surface area contributed by atoms with E-state index in [4.69, 9.17) is 15.2 Å². The van der Waals surface area contributed by atoms with E-state index in [0.717, 1.165) is 12.2 Å². The standard InChI is InChI=1S/C12H19NO2/c1-3-10-5-4-6-11(7-10)15-9-12(8-13)14-2/h4-7,12H,3,8-9,13H2,1-2H3/t12-/m0/s1. The van der Waals surface area contributed by atoms with E-state index in [1.165, 1.54) is 5.56 Å². The molecule has 0 amide bonds. The summed E-state index contributed by atoms with van der Waals surface area (Å²) in [6, 6.07) is 8.08. The Bertz CT molecular complexity index is 285. The minimum Gasteiger partial charge on any atom is -0.491 e. The van der Waals surface area contributed by atoms with Crippen LogP contribution in [0.1, 0.15) is 12.5 Å². The molecular weight excluding hydrogens is 190 g/mol. The van der Waals surface area contributed by atoms with Crippen LogP contribution in [0.25, 0.3) is 0 Å². The lowest BCUT2D eigenvalue weighted by atomic mass is 10.2. The number of ether oxygens (including phenoxy) is 2. The molecule has 0 aliphatic rings. The molecule has 1 atom stereocenters. The zero-order valence-corrected chi connectivity index (χ0v) is 9.40. The predicted molar refractivity (Wildman–Crippen MR) is 61.2 cm³/mol. The summed E-state index contributed by atoms with van der Waals surface area (Å²) in [5, 5.41) is 0. The highest BCUT2D eigenvalue weighted by atomic mass is 16.5. The van der Waals surface area contributed by atoms with E-state index in [2.05, 4.69) is 13.0 Å². The molecule has 0 fully saturated rings. The Morgan fingerprint density at radius 1 is 1.40 bits per heavy atom. The van der Waals surface area contributed by atoms with Crippen LogP contribution in [0, 0.1) is 0 Å². The van der Waals surface area contributed by atoms with E-state index in [1.54, 1.807) is 7.11 Å². The Morgan fingerprint density at radius 3 is 2.80 bits per heavy atom. The fraction of sp³-hybridized carbons (Fsp3) is 0.500. The van der Waals surface area contributed by atoms with Crippen LogP contribution in [0.5, 0.6) is 5.75 Å². The van der Waals surface area contributed by atoms with E-state index in [-0.39, 0.29) is 6.10 Å². The van der Waals surface area contributed by atoms with Gasteiger partial charge in [-0.25, -0.2) is 0 Å². The van der Waals surface area contributed by atoms with Gasteiger partial charge in [-0.3, -0.25) is 0 Å². The molecule has 0 aliphatic heterocycles. The van der Waals surface area contributed by atoms with Gasteiger partial charge in [0, 0.05) is 13.7 Å². The van der Waals surface area contributed by atoms with Gasteiger partial charge in [-0.15, -0.1) is 0 Å². The van der Waals surface area contributed by atoms with E-state index in [9.17, 15) is 0 Å². The molecular formula is C12H19NO2. The zero-order chi connectivity index (χ0) is 11.1. The van der Waals surface area contributed by atoms with Crippen LogP contribution in [-0.4, -0.2) is 26.4 Å². The molecule has 0 spiro atoms. The maximum absolute atomic E-state index is 5.59. The van der Waals surface area contributed by atoms with Gasteiger partial charge >= 0.3 is 0 Å². The number of hydrogen-bond acceptors (Lipinski definition) is 3. The van der Waals surface area contributed by atoms with Crippen molar-refractivity contribution in [3.8, 4) is 5.75 Å². The quantitative estimate of drug-likeness (QED) is 0.774. The molecule has 0 aromatic heterocycles. The lowest BCUT2D eigenvalue weighted by Crippen LogP contribution is -2.28. The van der Waals surface area contributed by atoms with Crippen molar-refractivity contribution >= 4 is 0 Å². The summed E-state index contributed by atoms with van der Waals surface area (Å²) in [7, 11) is 1.64. The molecule has 0 saturated heterocycles. The number of rotatable bonds is 6. The van der Waals surface area contributed by atoms with Crippen LogP contribution in [0.2, 0.25) is 0 Å². The van der Waals surface area contributed by atoms with Crippen LogP contribution >= 0.6 is 0 Å². The average molecular weight is 209 g/mol. The summed E-state index contributed by atoms with van der Waals surface area (Å²) in [5.74, 6) is 0.879. The lowest BCUT2D eigenvalue weighted by Gasteiger charge is -2.14. The number of aryl methyl sites for hydroxylation is 1. The highest BCUT2D eigenvalue weighted by molar-refractivity contribution is 5.28. The fourth-order valence-electron chi connectivity index (χ4n) is 1.28. The van der Waals surface area contributed by atoms with Gasteiger partial charge in [-0.1, -0.05) is 19.1 Å². The predicted octanol–water partition coefficient (Wildman–Crippen LogP) is 1.60. The second kappa shape index (κ2) is 6.43. The summed E-state index contributed by atoms with van der Waals surface area (Å²) < 4.78 is 10.7. The molecule has 3 nitrogen and oxygen atoms in total. The largest absolute Gasteiger partial charge is 0.491 e. The third-order valence-corrected chi connectivity index (χ3v) is 2.34. The van der Waals surface area contributed by atoms with Gasteiger partial charge in [0.25, 0.3) is 0 Å². The Kier molecular flexibility index (Phi) is 5.15. The number of nitrogens with two attached hydrogens (primary N) is 1. The van der Waals surface area contributed by atoms with Gasteiger partial charge in [-0.05, 0) is 24.1 Å². The van der Waals surface area contributed by atoms with E-state index < -0.39 is 0 Å². The van der Waals surface area contributed by atoms with E-state index >= 15 is 0 Å². The summed E-state index contributed by atoms with van der Waals surface area (Å²) >= 11 is 0. The summed E-state index contributed by atoms with van der Waals surface area (Å²) in [6.07, 6.45) is 0.984. The smallest absolute Gasteiger partial charge is 0.119 e. The minimum absolute atomic E-state index is 0.0321. The van der Waals surface area contributed by atoms with Crippen molar-refractivity contribution in [3.63, 3.8) is 0 Å². The molecule has 2 N–H and O–H groups in total. The van der Waals surface area contributed by atoms with Crippen LogP contribution in [0.4, 0.5) is 0 Å². The second-order valence-electron chi connectivity index (χ2n) is 3.41. The number of hydrogen-bond donors (Lipinski definition) is 1. The molecule has 15 heavy (non-hydrogen) atoms. The molecule has 0 saturated carbocycles. The molecule has 84 valence electrons. The van der Waals surface area contributed by atoms with Crippen molar-refractivity contribution in [1.82, 2.24) is 0 Å². The second-order valence-corrected chi connectivity index (χ2v) is 3.41. The normalized spacial score (nSPS) is 12.5. The molecule has 0 heterocycles. The molecule has 0 radical (unpaired) electrons. The van der Waals surface area contributed by atoms with Gasteiger partial charge in [0.05, 0.1) is 0 Å². The van der Waals surface area contributed by atoms with Crippen molar-refractivity contribution < 1.29 is 9.47 Å². The van der Waals surface area contributed by atoms with Gasteiger partial charge in [-0.2, -0.15) is 0 Å². The van der Waals surface area contributed by atoms with Gasteiger partial charge in [0.1, 0.15) is 18.5 Å². The highest BCUT2D eigenvalue weighted by Gasteiger charge is 2.05. The molecule has 1 rings (SSSR count). The number of benzene rings is 1. The van der Waals surface area contributed by atoms with Gasteiger partial charge in [0.2, 0.25) is 0 Å². The van der Waals surface area contributed by atoms with E-state index in [1.807, 2.05) is 18.2 Å². The Labute approximate surface area is 91.2 Å². The summed E-state index contributed by atoms with van der Waals surface area (Å²) in [6.45, 7) is 3.10. The molecule has 1 aromatic rings. The molecule has 0 aliphatic carbocycles. The Balaban J connectivity index is 2.49. The molecule has 3 heteroatoms. The van der Waals surface area contributed by atoms with Crippen molar-refractivity contribution in [1.29, 1.82) is 0 Å². The first-order valence-corrected chi connectivity index (χ1v) is 5.24. The van der Waals surface area contributed by atoms with Gasteiger partial charge in [0.15, 0.2) is 0 Å². The first kappa shape index (κ1) is 12.0. The Hall–Kier alpha value is -1.06. The van der Waals surface area contributed by atoms with Crippen LogP contribution < -0.4 is 10.5 Å².